The summed E-state index contributed by atoms with van der Waals surface area (Å²) in [5.74, 6) is -2.95. The van der Waals surface area contributed by atoms with Gasteiger partial charge in [0.05, 0.1) is 10.5 Å². The van der Waals surface area contributed by atoms with Gasteiger partial charge in [0.15, 0.2) is 0 Å². The van der Waals surface area contributed by atoms with E-state index in [1.54, 1.807) is 0 Å². The van der Waals surface area contributed by atoms with E-state index in [0.717, 1.165) is 12.1 Å². The zero-order valence-corrected chi connectivity index (χ0v) is 11.4. The van der Waals surface area contributed by atoms with Gasteiger partial charge in [-0.3, -0.25) is 19.7 Å². The smallest absolute Gasteiger partial charge is 0.335 e. The highest BCUT2D eigenvalue weighted by atomic mass is 16.6. The fraction of sp³-hybridized carbons (Fsp3) is 0.308. The number of carboxylic acids is 2. The number of carboxylic acid groups (broad SMARTS) is 2. The molecule has 9 heteroatoms. The van der Waals surface area contributed by atoms with Crippen molar-refractivity contribution in [2.45, 2.75) is 25.3 Å². The second kappa shape index (κ2) is 7.27. The van der Waals surface area contributed by atoms with Gasteiger partial charge in [-0.05, 0) is 18.1 Å². The largest absolute Gasteiger partial charge is 0.480 e. The number of non-ortho nitro benzene ring substituents is 1. The molecule has 0 fully saturated rings. The standard InChI is InChI=1S/C13H14N2O7/c14-11(13(19)20)2-1-10(16)5-7-3-8(12(17)18)6-9(4-7)15(21)22/h3-4,6,11H,1-2,5,14H2,(H,17,18)(H,19,20)/t11-/m0/s1. The monoisotopic (exact) mass is 310 g/mol. The highest BCUT2D eigenvalue weighted by Crippen LogP contribution is 2.18. The summed E-state index contributed by atoms with van der Waals surface area (Å²) in [5, 5.41) is 28.3. The second-order valence-electron chi connectivity index (χ2n) is 4.65. The molecule has 22 heavy (non-hydrogen) atoms. The maximum Gasteiger partial charge on any atom is 0.335 e. The summed E-state index contributed by atoms with van der Waals surface area (Å²) < 4.78 is 0. The number of benzene rings is 1. The molecule has 1 aromatic carbocycles. The minimum absolute atomic E-state index is 0.0606. The first-order chi connectivity index (χ1) is 10.2. The molecule has 0 heterocycles. The molecular formula is C13H14N2O7. The van der Waals surface area contributed by atoms with Gasteiger partial charge in [0.1, 0.15) is 11.8 Å². The number of nitrogens with two attached hydrogens (primary N) is 1. The molecule has 0 radical (unpaired) electrons. The van der Waals surface area contributed by atoms with Crippen LogP contribution in [-0.4, -0.2) is 38.9 Å². The van der Waals surface area contributed by atoms with E-state index in [-0.39, 0.29) is 36.2 Å². The van der Waals surface area contributed by atoms with Crippen molar-refractivity contribution >= 4 is 23.4 Å². The Bertz CT molecular complexity index is 595. The molecule has 4 N–H and O–H groups in total. The van der Waals surface area contributed by atoms with Gasteiger partial charge in [-0.25, -0.2) is 4.79 Å². The van der Waals surface area contributed by atoms with Crippen molar-refractivity contribution in [2.24, 2.45) is 5.73 Å². The summed E-state index contributed by atoms with van der Waals surface area (Å²) in [6.45, 7) is 0. The van der Waals surface area contributed by atoms with E-state index in [1.165, 1.54) is 6.07 Å². The number of hydrogen-bond donors (Lipinski definition) is 3. The van der Waals surface area contributed by atoms with Gasteiger partial charge in [-0.1, -0.05) is 0 Å². The first-order valence-corrected chi connectivity index (χ1v) is 6.22. The summed E-state index contributed by atoms with van der Waals surface area (Å²) in [5.41, 5.74) is 4.73. The van der Waals surface area contributed by atoms with Gasteiger partial charge in [0, 0.05) is 25.0 Å². The molecule has 0 saturated carbocycles. The van der Waals surface area contributed by atoms with Crippen LogP contribution in [0.3, 0.4) is 0 Å². The van der Waals surface area contributed by atoms with Crippen LogP contribution >= 0.6 is 0 Å². The van der Waals surface area contributed by atoms with E-state index in [9.17, 15) is 24.5 Å². The third kappa shape index (κ3) is 4.94. The molecular weight excluding hydrogens is 296 g/mol. The number of rotatable bonds is 8. The van der Waals surface area contributed by atoms with E-state index in [4.69, 9.17) is 15.9 Å². The molecule has 0 aliphatic heterocycles. The molecule has 0 amide bonds. The SMILES string of the molecule is N[C@@H](CCC(=O)Cc1cc(C(=O)O)cc([N+](=O)[O-])c1)C(=O)O. The van der Waals surface area contributed by atoms with Crippen molar-refractivity contribution in [3.05, 3.63) is 39.4 Å². The van der Waals surface area contributed by atoms with Gasteiger partial charge < -0.3 is 15.9 Å². The normalized spacial score (nSPS) is 11.7. The first kappa shape index (κ1) is 17.2. The Labute approximate surface area is 124 Å². The molecule has 1 atom stereocenters. The van der Waals surface area contributed by atoms with Gasteiger partial charge >= 0.3 is 11.9 Å². The highest BCUT2D eigenvalue weighted by Gasteiger charge is 2.17. The Hall–Kier alpha value is -2.81. The van der Waals surface area contributed by atoms with Crippen LogP contribution in [0.25, 0.3) is 0 Å². The van der Waals surface area contributed by atoms with Crippen molar-refractivity contribution < 1.29 is 29.5 Å². The number of nitro groups is 1. The molecule has 0 aliphatic carbocycles. The van der Waals surface area contributed by atoms with Crippen LogP contribution in [0.5, 0.6) is 0 Å². The van der Waals surface area contributed by atoms with Gasteiger partial charge in [-0.2, -0.15) is 0 Å². The third-order valence-electron chi connectivity index (χ3n) is 2.89. The minimum Gasteiger partial charge on any atom is -0.480 e. The van der Waals surface area contributed by atoms with Crippen LogP contribution in [0.15, 0.2) is 18.2 Å². The third-order valence-corrected chi connectivity index (χ3v) is 2.89. The van der Waals surface area contributed by atoms with Crippen LogP contribution in [0.1, 0.15) is 28.8 Å². The zero-order valence-electron chi connectivity index (χ0n) is 11.4. The summed E-state index contributed by atoms with van der Waals surface area (Å²) in [6.07, 6.45) is -0.401. The number of carbonyl (C=O) groups is 3. The molecule has 1 aromatic rings. The lowest BCUT2D eigenvalue weighted by Crippen LogP contribution is -2.30. The van der Waals surface area contributed by atoms with Crippen molar-refractivity contribution in [2.75, 3.05) is 0 Å². The predicted molar refractivity (Wildman–Crippen MR) is 73.6 cm³/mol. The topological polar surface area (TPSA) is 161 Å². The van der Waals surface area contributed by atoms with Gasteiger partial charge in [0.2, 0.25) is 0 Å². The summed E-state index contributed by atoms with van der Waals surface area (Å²) in [6, 6.07) is 2.02. The molecule has 0 saturated heterocycles. The molecule has 118 valence electrons. The lowest BCUT2D eigenvalue weighted by atomic mass is 10.0. The molecule has 0 aliphatic rings. The van der Waals surface area contributed by atoms with E-state index in [0.29, 0.717) is 0 Å². The van der Waals surface area contributed by atoms with Crippen molar-refractivity contribution in [1.29, 1.82) is 0 Å². The van der Waals surface area contributed by atoms with Gasteiger partial charge in [-0.15, -0.1) is 0 Å². The first-order valence-electron chi connectivity index (χ1n) is 6.22. The number of aliphatic carboxylic acids is 1. The Morgan fingerprint density at radius 3 is 2.36 bits per heavy atom. The van der Waals surface area contributed by atoms with Crippen LogP contribution in [-0.2, 0) is 16.0 Å². The van der Waals surface area contributed by atoms with E-state index in [2.05, 4.69) is 0 Å². The number of Topliss-reactive ketones (excluding diaryl/α,β-unsaturated/α-hetero) is 1. The molecule has 0 bridgehead atoms. The number of hydrogen-bond acceptors (Lipinski definition) is 6. The van der Waals surface area contributed by atoms with E-state index >= 15 is 0 Å². The number of carbonyl (C=O) groups excluding carboxylic acids is 1. The van der Waals surface area contributed by atoms with Crippen molar-refractivity contribution in [3.8, 4) is 0 Å². The molecule has 0 aromatic heterocycles. The van der Waals surface area contributed by atoms with Gasteiger partial charge in [0.25, 0.3) is 5.69 Å². The Morgan fingerprint density at radius 2 is 1.86 bits per heavy atom. The zero-order chi connectivity index (χ0) is 16.9. The summed E-state index contributed by atoms with van der Waals surface area (Å²) >= 11 is 0. The number of ketones is 1. The fourth-order valence-corrected chi connectivity index (χ4v) is 1.76. The Morgan fingerprint density at radius 1 is 1.23 bits per heavy atom. The van der Waals surface area contributed by atoms with Crippen molar-refractivity contribution in [3.63, 3.8) is 0 Å². The van der Waals surface area contributed by atoms with E-state index < -0.39 is 28.6 Å². The van der Waals surface area contributed by atoms with Crippen molar-refractivity contribution in [1.82, 2.24) is 0 Å². The number of nitrogens with zero attached hydrogens (tertiary/aromatic N) is 1. The average Bonchev–Trinajstić information content (AvgIpc) is 2.43. The van der Waals surface area contributed by atoms with Crippen LogP contribution in [0, 0.1) is 10.1 Å². The molecule has 0 unspecified atom stereocenters. The van der Waals surface area contributed by atoms with Crippen LogP contribution in [0.2, 0.25) is 0 Å². The lowest BCUT2D eigenvalue weighted by molar-refractivity contribution is -0.384. The second-order valence-corrected chi connectivity index (χ2v) is 4.65. The highest BCUT2D eigenvalue weighted by molar-refractivity contribution is 5.89. The summed E-state index contributed by atoms with van der Waals surface area (Å²) in [4.78, 5) is 43.2. The molecule has 9 nitrogen and oxygen atoms in total. The predicted octanol–water partition coefficient (Wildman–Crippen LogP) is 0.597. The fourth-order valence-electron chi connectivity index (χ4n) is 1.76. The Balaban J connectivity index is 2.84. The van der Waals surface area contributed by atoms with Crippen LogP contribution < -0.4 is 5.73 Å². The van der Waals surface area contributed by atoms with E-state index in [1.807, 2.05) is 0 Å². The maximum absolute atomic E-state index is 11.7. The minimum atomic E-state index is -1.34. The number of aromatic carboxylic acids is 1. The van der Waals surface area contributed by atoms with Crippen LogP contribution in [0.4, 0.5) is 5.69 Å². The molecule has 0 spiro atoms. The average molecular weight is 310 g/mol. The lowest BCUT2D eigenvalue weighted by Gasteiger charge is -2.06. The quantitative estimate of drug-likeness (QED) is 0.464. The summed E-state index contributed by atoms with van der Waals surface area (Å²) in [7, 11) is 0. The Kier molecular flexibility index (Phi) is 5.70. The molecule has 1 rings (SSSR count). The number of nitro benzene ring substituents is 1. The maximum atomic E-state index is 11.7.